The quantitative estimate of drug-likeness (QED) is 0.775. The lowest BCUT2D eigenvalue weighted by atomic mass is 10.1. The van der Waals surface area contributed by atoms with E-state index in [1.165, 1.54) is 16.7 Å². The molecule has 24 heavy (non-hydrogen) atoms. The van der Waals surface area contributed by atoms with Crippen molar-refractivity contribution < 1.29 is 9.84 Å². The Morgan fingerprint density at radius 2 is 1.75 bits per heavy atom. The van der Waals surface area contributed by atoms with Crippen molar-refractivity contribution in [2.24, 2.45) is 0 Å². The Balaban J connectivity index is 1.84. The number of hydrogen-bond donors (Lipinski definition) is 1. The number of ether oxygens (including phenoxy) is 1. The maximum absolute atomic E-state index is 9.63. The van der Waals surface area contributed by atoms with E-state index in [9.17, 15) is 5.11 Å². The van der Waals surface area contributed by atoms with Crippen molar-refractivity contribution in [1.82, 2.24) is 9.55 Å². The molecule has 1 aromatic heterocycles. The summed E-state index contributed by atoms with van der Waals surface area (Å²) in [6.07, 6.45) is 0. The Kier molecular flexibility index (Phi) is 4.58. The van der Waals surface area contributed by atoms with Crippen LogP contribution in [0.3, 0.4) is 0 Å². The van der Waals surface area contributed by atoms with Gasteiger partial charge in [0.2, 0.25) is 0 Å². The van der Waals surface area contributed by atoms with Crippen molar-refractivity contribution in [1.29, 1.82) is 0 Å². The maximum atomic E-state index is 9.63. The van der Waals surface area contributed by atoms with Gasteiger partial charge in [-0.2, -0.15) is 0 Å². The summed E-state index contributed by atoms with van der Waals surface area (Å²) in [4.78, 5) is 4.55. The van der Waals surface area contributed by atoms with Crippen LogP contribution in [0.4, 0.5) is 0 Å². The maximum Gasteiger partial charge on any atom is 0.135 e. The van der Waals surface area contributed by atoms with Gasteiger partial charge in [-0.05, 0) is 68.1 Å². The van der Waals surface area contributed by atoms with E-state index in [-0.39, 0.29) is 6.61 Å². The highest BCUT2D eigenvalue weighted by Crippen LogP contribution is 2.22. The molecule has 1 heterocycles. The first-order valence-corrected chi connectivity index (χ1v) is 8.27. The van der Waals surface area contributed by atoms with Gasteiger partial charge in [0.25, 0.3) is 0 Å². The summed E-state index contributed by atoms with van der Waals surface area (Å²) in [6.45, 7) is 9.40. The number of aliphatic hydroxyl groups is 1. The third-order valence-corrected chi connectivity index (χ3v) is 4.50. The molecule has 0 unspecified atom stereocenters. The molecule has 0 atom stereocenters. The van der Waals surface area contributed by atoms with Crippen LogP contribution in [0.5, 0.6) is 5.75 Å². The Bertz CT molecular complexity index is 881. The van der Waals surface area contributed by atoms with Gasteiger partial charge in [0.05, 0.1) is 17.6 Å². The fraction of sp³-hybridized carbons (Fsp3) is 0.350. The highest BCUT2D eigenvalue weighted by molar-refractivity contribution is 5.78. The van der Waals surface area contributed by atoms with E-state index in [1.807, 2.05) is 11.5 Å². The summed E-state index contributed by atoms with van der Waals surface area (Å²) in [7, 11) is 0. The normalized spacial score (nSPS) is 11.2. The van der Waals surface area contributed by atoms with Gasteiger partial charge in [0, 0.05) is 0 Å². The van der Waals surface area contributed by atoms with E-state index < -0.39 is 0 Å². The molecule has 0 aliphatic carbocycles. The van der Waals surface area contributed by atoms with E-state index in [0.717, 1.165) is 22.3 Å². The average molecular weight is 324 g/mol. The van der Waals surface area contributed by atoms with Crippen LogP contribution in [0, 0.1) is 27.7 Å². The predicted octanol–water partition coefficient (Wildman–Crippen LogP) is 3.84. The molecule has 0 saturated heterocycles. The molecule has 0 aliphatic heterocycles. The second kappa shape index (κ2) is 6.65. The van der Waals surface area contributed by atoms with Crippen LogP contribution in [0.15, 0.2) is 30.3 Å². The number of rotatable bonds is 5. The molecule has 3 aromatic rings. The molecule has 0 spiro atoms. The summed E-state index contributed by atoms with van der Waals surface area (Å²) in [5.74, 6) is 1.59. The van der Waals surface area contributed by atoms with Gasteiger partial charge in [-0.3, -0.25) is 0 Å². The molecule has 0 bridgehead atoms. The second-order valence-corrected chi connectivity index (χ2v) is 6.38. The number of nitrogens with zero attached hydrogens (tertiary/aromatic N) is 2. The Hall–Kier alpha value is -2.33. The van der Waals surface area contributed by atoms with Gasteiger partial charge < -0.3 is 14.4 Å². The van der Waals surface area contributed by atoms with Gasteiger partial charge in [-0.15, -0.1) is 0 Å². The van der Waals surface area contributed by atoms with Crippen molar-refractivity contribution in [3.05, 3.63) is 58.4 Å². The lowest BCUT2D eigenvalue weighted by Crippen LogP contribution is -2.11. The summed E-state index contributed by atoms with van der Waals surface area (Å²) in [6, 6.07) is 10.4. The second-order valence-electron chi connectivity index (χ2n) is 6.38. The molecule has 1 N–H and O–H groups in total. The number of fused-ring (bicyclic) bond motifs is 1. The van der Waals surface area contributed by atoms with Gasteiger partial charge in [-0.25, -0.2) is 4.98 Å². The zero-order valence-corrected chi connectivity index (χ0v) is 14.8. The van der Waals surface area contributed by atoms with Crippen molar-refractivity contribution in [2.45, 2.75) is 40.8 Å². The summed E-state index contributed by atoms with van der Waals surface area (Å²) in [5.41, 5.74) is 6.73. The van der Waals surface area contributed by atoms with Crippen LogP contribution >= 0.6 is 0 Å². The van der Waals surface area contributed by atoms with Gasteiger partial charge in [-0.1, -0.05) is 12.1 Å². The van der Waals surface area contributed by atoms with Crippen LogP contribution in [-0.2, 0) is 13.2 Å². The van der Waals surface area contributed by atoms with Crippen LogP contribution in [0.1, 0.15) is 28.1 Å². The molecule has 3 rings (SSSR count). The molecule has 0 fully saturated rings. The topological polar surface area (TPSA) is 47.3 Å². The van der Waals surface area contributed by atoms with E-state index in [2.05, 4.69) is 56.1 Å². The highest BCUT2D eigenvalue weighted by atomic mass is 16.5. The lowest BCUT2D eigenvalue weighted by molar-refractivity contribution is 0.255. The number of aliphatic hydroxyl groups excluding tert-OH is 1. The average Bonchev–Trinajstić information content (AvgIpc) is 2.88. The Morgan fingerprint density at radius 1 is 1.00 bits per heavy atom. The summed E-state index contributed by atoms with van der Waals surface area (Å²) in [5, 5.41) is 9.63. The zero-order valence-electron chi connectivity index (χ0n) is 14.8. The van der Waals surface area contributed by atoms with Gasteiger partial charge >= 0.3 is 0 Å². The monoisotopic (exact) mass is 324 g/mol. The molecule has 0 radical (unpaired) electrons. The SMILES string of the molecule is Cc1ccc(C)c(OCCn2c(CO)nc3cc(C)c(C)cc32)c1. The van der Waals surface area contributed by atoms with Crippen LogP contribution in [0.25, 0.3) is 11.0 Å². The van der Waals surface area contributed by atoms with E-state index in [1.54, 1.807) is 0 Å². The van der Waals surface area contributed by atoms with Crippen LogP contribution < -0.4 is 4.74 Å². The Labute approximate surface area is 142 Å². The van der Waals surface area contributed by atoms with Crippen molar-refractivity contribution in [2.75, 3.05) is 6.61 Å². The Morgan fingerprint density at radius 3 is 2.50 bits per heavy atom. The largest absolute Gasteiger partial charge is 0.491 e. The standard InChI is InChI=1S/C20H24N2O2/c1-13-5-6-14(2)19(9-13)24-8-7-22-18-11-16(4)15(3)10-17(18)21-20(22)12-23/h5-6,9-11,23H,7-8,12H2,1-4H3. The fourth-order valence-electron chi connectivity index (χ4n) is 2.91. The van der Waals surface area contributed by atoms with E-state index in [0.29, 0.717) is 19.0 Å². The van der Waals surface area contributed by atoms with Crippen molar-refractivity contribution in [3.8, 4) is 5.75 Å². The molecule has 126 valence electrons. The molecule has 0 amide bonds. The van der Waals surface area contributed by atoms with Gasteiger partial charge in [0.1, 0.15) is 24.8 Å². The molecular formula is C20H24N2O2. The van der Waals surface area contributed by atoms with Crippen LogP contribution in [0.2, 0.25) is 0 Å². The molecule has 0 aliphatic rings. The molecule has 2 aromatic carbocycles. The molecule has 0 saturated carbocycles. The summed E-state index contributed by atoms with van der Waals surface area (Å²) < 4.78 is 8.01. The first kappa shape index (κ1) is 16.5. The van der Waals surface area contributed by atoms with E-state index >= 15 is 0 Å². The lowest BCUT2D eigenvalue weighted by Gasteiger charge is -2.12. The highest BCUT2D eigenvalue weighted by Gasteiger charge is 2.11. The number of hydrogen-bond acceptors (Lipinski definition) is 3. The third-order valence-electron chi connectivity index (χ3n) is 4.50. The molecular weight excluding hydrogens is 300 g/mol. The smallest absolute Gasteiger partial charge is 0.135 e. The number of benzene rings is 2. The first-order chi connectivity index (χ1) is 11.5. The van der Waals surface area contributed by atoms with Crippen molar-refractivity contribution >= 4 is 11.0 Å². The molecule has 4 heteroatoms. The van der Waals surface area contributed by atoms with Crippen LogP contribution in [-0.4, -0.2) is 21.3 Å². The first-order valence-electron chi connectivity index (χ1n) is 8.27. The third kappa shape index (κ3) is 3.15. The predicted molar refractivity (Wildman–Crippen MR) is 96.5 cm³/mol. The number of imidazole rings is 1. The number of aryl methyl sites for hydroxylation is 4. The summed E-state index contributed by atoms with van der Waals surface area (Å²) >= 11 is 0. The molecule has 4 nitrogen and oxygen atoms in total. The van der Waals surface area contributed by atoms with Crippen molar-refractivity contribution in [3.63, 3.8) is 0 Å². The fourth-order valence-corrected chi connectivity index (χ4v) is 2.91. The minimum Gasteiger partial charge on any atom is -0.491 e. The minimum atomic E-state index is -0.0732. The number of aromatic nitrogens is 2. The zero-order chi connectivity index (χ0) is 17.3. The van der Waals surface area contributed by atoms with E-state index in [4.69, 9.17) is 4.74 Å². The van der Waals surface area contributed by atoms with Gasteiger partial charge in [0.15, 0.2) is 0 Å². The minimum absolute atomic E-state index is 0.0732.